The first-order chi connectivity index (χ1) is 7.88. The van der Waals surface area contributed by atoms with Gasteiger partial charge in [-0.2, -0.15) is 11.8 Å². The summed E-state index contributed by atoms with van der Waals surface area (Å²) in [5.74, 6) is 2.94. The van der Waals surface area contributed by atoms with Crippen LogP contribution in [0.25, 0.3) is 0 Å². The molecule has 3 heteroatoms. The Balaban J connectivity index is 2.28. The summed E-state index contributed by atoms with van der Waals surface area (Å²) < 4.78 is 0. The maximum atomic E-state index is 8.82. The smallest absolute Gasteiger partial charge is 0.0521 e. The van der Waals surface area contributed by atoms with E-state index in [1.54, 1.807) is 0 Å². The number of hydrogen-bond donors (Lipinski definition) is 2. The minimum absolute atomic E-state index is 0.315. The molecule has 0 aromatic heterocycles. The summed E-state index contributed by atoms with van der Waals surface area (Å²) in [6.07, 6.45) is 8.29. The molecular formula is C13H27NOS. The zero-order valence-electron chi connectivity index (χ0n) is 10.6. The van der Waals surface area contributed by atoms with Crippen molar-refractivity contribution in [2.45, 2.75) is 51.5 Å². The number of hydrogen-bond acceptors (Lipinski definition) is 3. The Morgan fingerprint density at radius 1 is 1.31 bits per heavy atom. The van der Waals surface area contributed by atoms with Crippen LogP contribution in [0.1, 0.15) is 45.4 Å². The van der Waals surface area contributed by atoms with Crippen LogP contribution in [0.2, 0.25) is 0 Å². The quantitative estimate of drug-likeness (QED) is 0.645. The average Bonchev–Trinajstić information content (AvgIpc) is 2.35. The van der Waals surface area contributed by atoms with Gasteiger partial charge in [-0.25, -0.2) is 0 Å². The summed E-state index contributed by atoms with van der Waals surface area (Å²) in [5, 5.41) is 12.5. The van der Waals surface area contributed by atoms with Crippen LogP contribution < -0.4 is 5.32 Å². The highest BCUT2D eigenvalue weighted by atomic mass is 32.2. The van der Waals surface area contributed by atoms with E-state index in [2.05, 4.69) is 12.2 Å². The Bertz CT molecular complexity index is 160. The van der Waals surface area contributed by atoms with E-state index >= 15 is 0 Å². The second-order valence-corrected chi connectivity index (χ2v) is 5.91. The Morgan fingerprint density at radius 2 is 2.06 bits per heavy atom. The van der Waals surface area contributed by atoms with Crippen LogP contribution in [0.5, 0.6) is 0 Å². The number of aliphatic hydroxyl groups is 1. The molecule has 1 unspecified atom stereocenters. The molecule has 0 radical (unpaired) electrons. The van der Waals surface area contributed by atoms with Gasteiger partial charge in [-0.15, -0.1) is 0 Å². The van der Waals surface area contributed by atoms with Crippen molar-refractivity contribution in [2.24, 2.45) is 5.92 Å². The molecule has 1 saturated carbocycles. The third-order valence-corrected chi connectivity index (χ3v) is 4.47. The first-order valence-electron chi connectivity index (χ1n) is 6.80. The predicted molar refractivity (Wildman–Crippen MR) is 73.1 cm³/mol. The van der Waals surface area contributed by atoms with Crippen LogP contribution in [0.4, 0.5) is 0 Å². The highest BCUT2D eigenvalue weighted by Gasteiger charge is 2.22. The average molecular weight is 245 g/mol. The number of thioether (sulfide) groups is 1. The normalized spacial score (nSPS) is 19.9. The summed E-state index contributed by atoms with van der Waals surface area (Å²) in [6.45, 7) is 3.68. The van der Waals surface area contributed by atoms with E-state index in [-0.39, 0.29) is 0 Å². The molecule has 1 aliphatic rings. The van der Waals surface area contributed by atoms with Crippen LogP contribution in [0.3, 0.4) is 0 Å². The lowest BCUT2D eigenvalue weighted by Crippen LogP contribution is -2.39. The largest absolute Gasteiger partial charge is 0.396 e. The fraction of sp³-hybridized carbons (Fsp3) is 1.00. The van der Waals surface area contributed by atoms with Gasteiger partial charge in [0, 0.05) is 17.5 Å². The van der Waals surface area contributed by atoms with E-state index in [0.717, 1.165) is 18.2 Å². The molecule has 1 rings (SSSR count). The molecule has 0 aromatic rings. The van der Waals surface area contributed by atoms with Gasteiger partial charge in [0.15, 0.2) is 0 Å². The molecule has 2 nitrogen and oxygen atoms in total. The fourth-order valence-corrected chi connectivity index (χ4v) is 3.44. The first kappa shape index (κ1) is 14.3. The SMILES string of the molecule is CCCNC(CSCCO)C1CCCCC1. The van der Waals surface area contributed by atoms with Gasteiger partial charge >= 0.3 is 0 Å². The lowest BCUT2D eigenvalue weighted by Gasteiger charge is -2.31. The van der Waals surface area contributed by atoms with E-state index in [0.29, 0.717) is 12.6 Å². The Hall–Kier alpha value is 0.270. The van der Waals surface area contributed by atoms with Gasteiger partial charge < -0.3 is 10.4 Å². The van der Waals surface area contributed by atoms with Crippen LogP contribution >= 0.6 is 11.8 Å². The van der Waals surface area contributed by atoms with Gasteiger partial charge in [0.1, 0.15) is 0 Å². The summed E-state index contributed by atoms with van der Waals surface area (Å²) in [7, 11) is 0. The molecule has 0 spiro atoms. The van der Waals surface area contributed by atoms with Gasteiger partial charge in [-0.3, -0.25) is 0 Å². The van der Waals surface area contributed by atoms with E-state index in [1.807, 2.05) is 11.8 Å². The molecule has 0 bridgehead atoms. The molecule has 0 heterocycles. The zero-order valence-corrected chi connectivity index (χ0v) is 11.4. The standard InChI is InChI=1S/C13H27NOS/c1-2-8-14-13(11-16-10-9-15)12-6-4-3-5-7-12/h12-15H,2-11H2,1H3. The van der Waals surface area contributed by atoms with Gasteiger partial charge in [0.25, 0.3) is 0 Å². The molecule has 0 saturated heterocycles. The molecule has 96 valence electrons. The summed E-state index contributed by atoms with van der Waals surface area (Å²) in [5.41, 5.74) is 0. The molecule has 1 aliphatic carbocycles. The van der Waals surface area contributed by atoms with Crippen molar-refractivity contribution in [3.63, 3.8) is 0 Å². The van der Waals surface area contributed by atoms with Crippen molar-refractivity contribution < 1.29 is 5.11 Å². The topological polar surface area (TPSA) is 32.3 Å². The molecule has 0 aliphatic heterocycles. The number of rotatable bonds is 8. The van der Waals surface area contributed by atoms with Crippen molar-refractivity contribution in [1.29, 1.82) is 0 Å². The van der Waals surface area contributed by atoms with Crippen LogP contribution in [0.15, 0.2) is 0 Å². The van der Waals surface area contributed by atoms with Gasteiger partial charge in [-0.05, 0) is 31.7 Å². The van der Waals surface area contributed by atoms with Gasteiger partial charge in [0.05, 0.1) is 6.61 Å². The maximum absolute atomic E-state index is 8.82. The highest BCUT2D eigenvalue weighted by molar-refractivity contribution is 7.99. The van der Waals surface area contributed by atoms with Crippen LogP contribution in [-0.2, 0) is 0 Å². The number of aliphatic hydroxyl groups excluding tert-OH is 1. The van der Waals surface area contributed by atoms with Crippen molar-refractivity contribution in [3.8, 4) is 0 Å². The van der Waals surface area contributed by atoms with Crippen molar-refractivity contribution in [3.05, 3.63) is 0 Å². The molecule has 0 amide bonds. The Morgan fingerprint density at radius 3 is 2.69 bits per heavy atom. The molecule has 1 fully saturated rings. The van der Waals surface area contributed by atoms with Crippen molar-refractivity contribution >= 4 is 11.8 Å². The third kappa shape index (κ3) is 5.55. The fourth-order valence-electron chi connectivity index (χ4n) is 2.50. The van der Waals surface area contributed by atoms with Crippen molar-refractivity contribution in [1.82, 2.24) is 5.32 Å². The molecule has 16 heavy (non-hydrogen) atoms. The van der Waals surface area contributed by atoms with Gasteiger partial charge in [-0.1, -0.05) is 26.2 Å². The Labute approximate surface area is 105 Å². The highest BCUT2D eigenvalue weighted by Crippen LogP contribution is 2.27. The lowest BCUT2D eigenvalue weighted by atomic mass is 9.84. The summed E-state index contributed by atoms with van der Waals surface area (Å²) in [6, 6.07) is 0.678. The monoisotopic (exact) mass is 245 g/mol. The van der Waals surface area contributed by atoms with Gasteiger partial charge in [0.2, 0.25) is 0 Å². The summed E-state index contributed by atoms with van der Waals surface area (Å²) >= 11 is 1.89. The minimum atomic E-state index is 0.315. The van der Waals surface area contributed by atoms with Crippen LogP contribution in [0, 0.1) is 5.92 Å². The lowest BCUT2D eigenvalue weighted by molar-refractivity contribution is 0.285. The van der Waals surface area contributed by atoms with E-state index in [1.165, 1.54) is 44.3 Å². The van der Waals surface area contributed by atoms with E-state index in [9.17, 15) is 0 Å². The maximum Gasteiger partial charge on any atom is 0.0521 e. The Kier molecular flexibility index (Phi) is 8.34. The summed E-state index contributed by atoms with van der Waals surface area (Å²) in [4.78, 5) is 0. The molecule has 1 atom stereocenters. The first-order valence-corrected chi connectivity index (χ1v) is 7.96. The number of nitrogens with one attached hydrogen (secondary N) is 1. The van der Waals surface area contributed by atoms with Crippen LogP contribution in [-0.4, -0.2) is 35.8 Å². The minimum Gasteiger partial charge on any atom is -0.396 e. The second-order valence-electron chi connectivity index (χ2n) is 4.76. The molecule has 0 aromatic carbocycles. The van der Waals surface area contributed by atoms with Crippen molar-refractivity contribution in [2.75, 3.05) is 24.7 Å². The second kappa shape index (κ2) is 9.32. The third-order valence-electron chi connectivity index (χ3n) is 3.41. The van der Waals surface area contributed by atoms with E-state index in [4.69, 9.17) is 5.11 Å². The molecule has 2 N–H and O–H groups in total. The molecular weight excluding hydrogens is 218 g/mol. The zero-order chi connectivity index (χ0) is 11.6. The predicted octanol–water partition coefficient (Wildman–Crippen LogP) is 2.66. The van der Waals surface area contributed by atoms with E-state index < -0.39 is 0 Å².